The molecule has 1 fully saturated rings. The molecule has 0 bridgehead atoms. The molecule has 6 heteroatoms. The number of pyridine rings is 1. The minimum atomic E-state index is -0.233. The summed E-state index contributed by atoms with van der Waals surface area (Å²) >= 11 is 0. The number of aryl methyl sites for hydroxylation is 1. The number of fused-ring (bicyclic) bond motifs is 1. The molecule has 0 atom stereocenters. The minimum Gasteiger partial charge on any atom is -0.359 e. The third-order valence-electron chi connectivity index (χ3n) is 4.58. The lowest BCUT2D eigenvalue weighted by molar-refractivity contribution is -0.117. The van der Waals surface area contributed by atoms with Gasteiger partial charge in [-0.1, -0.05) is 17.7 Å². The van der Waals surface area contributed by atoms with Crippen LogP contribution in [0.3, 0.4) is 0 Å². The molecule has 0 radical (unpaired) electrons. The van der Waals surface area contributed by atoms with Crippen LogP contribution < -0.4 is 15.5 Å². The molecular weight excluding hydrogens is 316 g/mol. The van der Waals surface area contributed by atoms with Crippen molar-refractivity contribution < 1.29 is 9.59 Å². The molecule has 2 amide bonds. The van der Waals surface area contributed by atoms with Crippen LogP contribution in [0, 0.1) is 12.8 Å². The minimum absolute atomic E-state index is 0.0253. The van der Waals surface area contributed by atoms with E-state index in [1.54, 1.807) is 17.2 Å². The third kappa shape index (κ3) is 3.33. The smallest absolute Gasteiger partial charge is 0.257 e. The number of benzene rings is 1. The molecule has 1 aliphatic heterocycles. The van der Waals surface area contributed by atoms with Gasteiger partial charge < -0.3 is 15.5 Å². The first-order valence-electron chi connectivity index (χ1n) is 8.52. The van der Waals surface area contributed by atoms with Gasteiger partial charge in [-0.25, -0.2) is 4.98 Å². The number of amides is 2. The quantitative estimate of drug-likeness (QED) is 0.900. The first-order valence-corrected chi connectivity index (χ1v) is 8.52. The van der Waals surface area contributed by atoms with Gasteiger partial charge in [0.25, 0.3) is 5.91 Å². The van der Waals surface area contributed by atoms with Crippen LogP contribution in [-0.4, -0.2) is 29.9 Å². The summed E-state index contributed by atoms with van der Waals surface area (Å²) < 4.78 is 0. The number of nitrogens with one attached hydrogen (secondary N) is 2. The lowest BCUT2D eigenvalue weighted by Crippen LogP contribution is -2.41. The van der Waals surface area contributed by atoms with Crippen molar-refractivity contribution in [3.8, 4) is 0 Å². The number of rotatable bonds is 4. The van der Waals surface area contributed by atoms with Crippen molar-refractivity contribution in [2.24, 2.45) is 5.92 Å². The maximum absolute atomic E-state index is 12.5. The summed E-state index contributed by atoms with van der Waals surface area (Å²) in [5.74, 6) is 1.02. The molecule has 4 rings (SSSR count). The Labute approximate surface area is 146 Å². The van der Waals surface area contributed by atoms with Crippen molar-refractivity contribution in [3.63, 3.8) is 0 Å². The zero-order chi connectivity index (χ0) is 17.4. The van der Waals surface area contributed by atoms with E-state index in [1.165, 1.54) is 0 Å². The highest BCUT2D eigenvalue weighted by Gasteiger charge is 2.32. The van der Waals surface area contributed by atoms with Crippen LogP contribution in [0.25, 0.3) is 0 Å². The lowest BCUT2D eigenvalue weighted by Gasteiger charge is -2.29. The second-order valence-corrected chi connectivity index (χ2v) is 6.71. The molecule has 0 spiro atoms. The first-order chi connectivity index (χ1) is 12.1. The van der Waals surface area contributed by atoms with E-state index in [0.717, 1.165) is 24.1 Å². The number of carbonyl (C=O) groups excluding carboxylic acids is 2. The Hall–Kier alpha value is -2.89. The highest BCUT2D eigenvalue weighted by atomic mass is 16.2. The monoisotopic (exact) mass is 336 g/mol. The number of aromatic nitrogens is 1. The largest absolute Gasteiger partial charge is 0.359 e. The highest BCUT2D eigenvalue weighted by Crippen LogP contribution is 2.35. The predicted octanol–water partition coefficient (Wildman–Crippen LogP) is 2.81. The van der Waals surface area contributed by atoms with E-state index >= 15 is 0 Å². The topological polar surface area (TPSA) is 74.3 Å². The summed E-state index contributed by atoms with van der Waals surface area (Å²) in [6.45, 7) is 2.96. The Morgan fingerprint density at radius 2 is 2.08 bits per heavy atom. The molecule has 0 unspecified atom stereocenters. The molecule has 0 saturated heterocycles. The molecule has 2 aliphatic rings. The normalized spacial score (nSPS) is 16.2. The van der Waals surface area contributed by atoms with Crippen molar-refractivity contribution in [2.75, 3.05) is 28.6 Å². The Kier molecular flexibility index (Phi) is 3.87. The maximum atomic E-state index is 12.5. The van der Waals surface area contributed by atoms with Crippen molar-refractivity contribution in [2.45, 2.75) is 19.8 Å². The summed E-state index contributed by atoms with van der Waals surface area (Å²) in [6.07, 6.45) is 3.86. The number of anilines is 3. The van der Waals surface area contributed by atoms with Crippen LogP contribution in [0.15, 0.2) is 36.5 Å². The van der Waals surface area contributed by atoms with E-state index in [-0.39, 0.29) is 18.4 Å². The van der Waals surface area contributed by atoms with Crippen molar-refractivity contribution >= 4 is 29.0 Å². The molecule has 2 aromatic rings. The third-order valence-corrected chi connectivity index (χ3v) is 4.58. The van der Waals surface area contributed by atoms with E-state index in [1.807, 2.05) is 31.2 Å². The summed E-state index contributed by atoms with van der Waals surface area (Å²) in [5, 5.41) is 5.89. The number of hydrogen-bond acceptors (Lipinski definition) is 4. The van der Waals surface area contributed by atoms with Crippen LogP contribution in [0.1, 0.15) is 28.8 Å². The fourth-order valence-corrected chi connectivity index (χ4v) is 2.91. The van der Waals surface area contributed by atoms with Crippen LogP contribution in [0.2, 0.25) is 0 Å². The summed E-state index contributed by atoms with van der Waals surface area (Å²) in [4.78, 5) is 30.9. The molecule has 2 heterocycles. The van der Waals surface area contributed by atoms with Gasteiger partial charge in [0.2, 0.25) is 5.91 Å². The second kappa shape index (κ2) is 6.20. The Morgan fingerprint density at radius 1 is 1.32 bits per heavy atom. The van der Waals surface area contributed by atoms with Gasteiger partial charge in [-0.2, -0.15) is 0 Å². The summed E-state index contributed by atoms with van der Waals surface area (Å²) in [5.41, 5.74) is 3.00. The number of nitrogens with zero attached hydrogens (tertiary/aromatic N) is 2. The standard InChI is InChI=1S/C19H20N4O2/c1-12-2-6-15(7-3-12)22-19(25)14-8-16-18(20-9-14)21-10-17(24)23(16)11-13-4-5-13/h2-3,6-9,13H,4-5,10-11H2,1H3,(H,20,21)(H,22,25). The van der Waals surface area contributed by atoms with E-state index in [4.69, 9.17) is 0 Å². The Balaban J connectivity index is 1.58. The second-order valence-electron chi connectivity index (χ2n) is 6.71. The number of carbonyl (C=O) groups is 2. The van der Waals surface area contributed by atoms with Gasteiger partial charge in [-0.15, -0.1) is 0 Å². The molecule has 1 aromatic carbocycles. The van der Waals surface area contributed by atoms with Crippen molar-refractivity contribution in [1.29, 1.82) is 0 Å². The Morgan fingerprint density at radius 3 is 2.80 bits per heavy atom. The van der Waals surface area contributed by atoms with Gasteiger partial charge in [0.05, 0.1) is 17.8 Å². The fraction of sp³-hybridized carbons (Fsp3) is 0.316. The summed E-state index contributed by atoms with van der Waals surface area (Å²) in [6, 6.07) is 9.37. The van der Waals surface area contributed by atoms with E-state index in [9.17, 15) is 9.59 Å². The fourth-order valence-electron chi connectivity index (χ4n) is 2.91. The Bertz CT molecular complexity index is 828. The lowest BCUT2D eigenvalue weighted by atomic mass is 10.1. The van der Waals surface area contributed by atoms with Gasteiger partial charge in [-0.3, -0.25) is 9.59 Å². The van der Waals surface area contributed by atoms with Crippen LogP contribution in [0.5, 0.6) is 0 Å². The number of hydrogen-bond donors (Lipinski definition) is 2. The van der Waals surface area contributed by atoms with Gasteiger partial charge in [0.1, 0.15) is 5.82 Å². The van der Waals surface area contributed by atoms with Gasteiger partial charge in [-0.05, 0) is 43.9 Å². The van der Waals surface area contributed by atoms with Gasteiger partial charge in [0, 0.05) is 18.4 Å². The zero-order valence-corrected chi connectivity index (χ0v) is 14.1. The van der Waals surface area contributed by atoms with E-state index in [2.05, 4.69) is 15.6 Å². The zero-order valence-electron chi connectivity index (χ0n) is 14.1. The molecule has 6 nitrogen and oxygen atoms in total. The molecule has 25 heavy (non-hydrogen) atoms. The van der Waals surface area contributed by atoms with E-state index in [0.29, 0.717) is 29.5 Å². The van der Waals surface area contributed by atoms with Crippen LogP contribution >= 0.6 is 0 Å². The molecule has 2 N–H and O–H groups in total. The molecule has 1 aliphatic carbocycles. The maximum Gasteiger partial charge on any atom is 0.257 e. The molecule has 1 aromatic heterocycles. The molecule has 128 valence electrons. The molecule has 1 saturated carbocycles. The first kappa shape index (κ1) is 15.6. The van der Waals surface area contributed by atoms with Gasteiger partial charge in [0.15, 0.2) is 0 Å². The van der Waals surface area contributed by atoms with Crippen molar-refractivity contribution in [1.82, 2.24) is 4.98 Å². The highest BCUT2D eigenvalue weighted by molar-refractivity contribution is 6.07. The molecular formula is C19H20N4O2. The average Bonchev–Trinajstić information content (AvgIpc) is 3.43. The SMILES string of the molecule is Cc1ccc(NC(=O)c2cnc3c(c2)N(CC2CC2)C(=O)CN3)cc1. The predicted molar refractivity (Wildman–Crippen MR) is 96.9 cm³/mol. The van der Waals surface area contributed by atoms with Crippen molar-refractivity contribution in [3.05, 3.63) is 47.7 Å². The van der Waals surface area contributed by atoms with Crippen LogP contribution in [0.4, 0.5) is 17.2 Å². The van der Waals surface area contributed by atoms with Crippen LogP contribution in [-0.2, 0) is 4.79 Å². The average molecular weight is 336 g/mol. The van der Waals surface area contributed by atoms with E-state index < -0.39 is 0 Å². The van der Waals surface area contributed by atoms with Gasteiger partial charge >= 0.3 is 0 Å². The summed E-state index contributed by atoms with van der Waals surface area (Å²) in [7, 11) is 0.